The van der Waals surface area contributed by atoms with Crippen LogP contribution in [0.3, 0.4) is 0 Å². The molecule has 584 valence electrons. The first-order chi connectivity index (χ1) is 50.2. The monoisotopic (exact) mass is 1480 g/mol. The molecule has 0 aromatic heterocycles. The van der Waals surface area contributed by atoms with Crippen LogP contribution in [0.5, 0.6) is 0 Å². The number of phosphoric ester groups is 2. The fraction of sp³-hybridized carbons (Fsp3) is 0.612. The molecule has 0 rings (SSSR count). The van der Waals surface area contributed by atoms with Gasteiger partial charge in [0.2, 0.25) is 0 Å². The standard InChI is InChI=1S/C85H138O16P2/c1-4-7-10-13-16-19-22-25-28-30-32-34-36-38-39-41-43-44-46-48-51-53-56-59-62-65-68-71-83(88)95-74-80(86)75-97-102(91,92)98-76-81(87)77-99-103(93,94)100-79-82(101-85(90)73-70-67-64-61-58-55-50-27-24-21-18-15-12-9-6-3)78-96-84(89)72-69-66-63-60-57-54-52-49-47-45-42-40-37-35-33-31-29-26-23-20-17-14-11-8-5-2/h7-12,16-21,25-29,32-35,38-40,42-44,47,49-50,80-82,86-87H,4-6,13-15,22-24,30-31,36-37,41,45-46,48,51-79H2,1-3H3,(H,91,92)(H,93,94)/b10-7-,11-8-,12-9-,19-16-,20-17-,21-18-,28-25-,29-26-,34-32-,35-33-,39-38-,42-40-,44-43-,49-47-,50-27-. The SMILES string of the molecule is CC/C=C\C/C=C\C/C=C\C/C=C\C/C=C\C/C=C\CCCCCCCCCCC(=O)OCC(O)COP(=O)(O)OCC(O)COP(=O)(O)OCC(COC(=O)CCCCCCCC/C=C\C/C=C\C/C=C\C/C=C\C/C=C\C/C=C\CC)OC(=O)CCCCCCC/C=C\C/C=C\C/C=C\CC. The van der Waals surface area contributed by atoms with E-state index in [1.807, 2.05) is 0 Å². The van der Waals surface area contributed by atoms with Crippen LogP contribution in [0.4, 0.5) is 0 Å². The van der Waals surface area contributed by atoms with Gasteiger partial charge in [0.1, 0.15) is 25.4 Å². The number of hydrogen-bond acceptors (Lipinski definition) is 14. The van der Waals surface area contributed by atoms with Crippen LogP contribution in [-0.2, 0) is 55.8 Å². The maximum Gasteiger partial charge on any atom is 0.472 e. The summed E-state index contributed by atoms with van der Waals surface area (Å²) in [4.78, 5) is 58.7. The van der Waals surface area contributed by atoms with Gasteiger partial charge in [-0.05, 0) is 154 Å². The molecule has 103 heavy (non-hydrogen) atoms. The molecule has 5 unspecified atom stereocenters. The Kier molecular flexibility index (Phi) is 72.3. The molecule has 0 aliphatic heterocycles. The fourth-order valence-electron chi connectivity index (χ4n) is 9.77. The number of ether oxygens (including phenoxy) is 3. The van der Waals surface area contributed by atoms with E-state index in [0.29, 0.717) is 19.3 Å². The number of phosphoric acid groups is 2. The summed E-state index contributed by atoms with van der Waals surface area (Å²) in [6.45, 7) is 2.27. The number of rotatable bonds is 72. The molecule has 0 heterocycles. The highest BCUT2D eigenvalue weighted by Crippen LogP contribution is 2.45. The molecule has 4 N–H and O–H groups in total. The number of carbonyl (C=O) groups excluding carboxylic acids is 3. The highest BCUT2D eigenvalue weighted by molar-refractivity contribution is 7.47. The van der Waals surface area contributed by atoms with E-state index >= 15 is 0 Å². The highest BCUT2D eigenvalue weighted by atomic mass is 31.2. The van der Waals surface area contributed by atoms with Crippen LogP contribution in [0.2, 0.25) is 0 Å². The van der Waals surface area contributed by atoms with Crippen LogP contribution >= 0.6 is 15.6 Å². The van der Waals surface area contributed by atoms with Crippen molar-refractivity contribution < 1.29 is 75.8 Å². The molecule has 0 aliphatic rings. The largest absolute Gasteiger partial charge is 0.472 e. The predicted octanol–water partition coefficient (Wildman–Crippen LogP) is 23.0. The first-order valence-electron chi connectivity index (χ1n) is 39.1. The Morgan fingerprint density at radius 1 is 0.272 bits per heavy atom. The normalized spacial score (nSPS) is 15.0. The van der Waals surface area contributed by atoms with Gasteiger partial charge in [0.25, 0.3) is 0 Å². The predicted molar refractivity (Wildman–Crippen MR) is 426 cm³/mol. The van der Waals surface area contributed by atoms with Crippen molar-refractivity contribution in [1.29, 1.82) is 0 Å². The van der Waals surface area contributed by atoms with Crippen molar-refractivity contribution in [1.82, 2.24) is 0 Å². The maximum absolute atomic E-state index is 13.0. The minimum absolute atomic E-state index is 0.0746. The Labute approximate surface area is 624 Å². The molecule has 0 saturated heterocycles. The number of carbonyl (C=O) groups is 3. The minimum atomic E-state index is -4.95. The van der Waals surface area contributed by atoms with Gasteiger partial charge in [-0.15, -0.1) is 0 Å². The zero-order valence-corrected chi connectivity index (χ0v) is 65.5. The minimum Gasteiger partial charge on any atom is -0.463 e. The van der Waals surface area contributed by atoms with Gasteiger partial charge >= 0.3 is 33.6 Å². The third kappa shape index (κ3) is 77.6. The molecule has 18 heteroatoms. The number of aliphatic hydroxyl groups is 2. The second kappa shape index (κ2) is 76.3. The van der Waals surface area contributed by atoms with Crippen molar-refractivity contribution in [3.8, 4) is 0 Å². The van der Waals surface area contributed by atoms with Crippen molar-refractivity contribution in [3.05, 3.63) is 182 Å². The van der Waals surface area contributed by atoms with Gasteiger partial charge in [-0.25, -0.2) is 9.13 Å². The Morgan fingerprint density at radius 2 is 0.485 bits per heavy atom. The number of unbranched alkanes of at least 4 members (excludes halogenated alkanes) is 19. The smallest absolute Gasteiger partial charge is 0.463 e. The van der Waals surface area contributed by atoms with Crippen molar-refractivity contribution in [2.24, 2.45) is 0 Å². The lowest BCUT2D eigenvalue weighted by Crippen LogP contribution is -2.30. The third-order valence-corrected chi connectivity index (χ3v) is 17.5. The summed E-state index contributed by atoms with van der Waals surface area (Å²) < 4.78 is 61.1. The maximum atomic E-state index is 13.0. The molecule has 0 spiro atoms. The Balaban J connectivity index is 4.64. The summed E-state index contributed by atoms with van der Waals surface area (Å²) >= 11 is 0. The van der Waals surface area contributed by atoms with E-state index < -0.39 is 91.5 Å². The van der Waals surface area contributed by atoms with Crippen molar-refractivity contribution >= 4 is 33.6 Å². The Bertz CT molecular complexity index is 2600. The van der Waals surface area contributed by atoms with Crippen LogP contribution in [0, 0.1) is 0 Å². The Morgan fingerprint density at radius 3 is 0.767 bits per heavy atom. The molecule has 0 radical (unpaired) electrons. The van der Waals surface area contributed by atoms with Crippen LogP contribution in [-0.4, -0.2) is 95.9 Å². The first kappa shape index (κ1) is 97.7. The van der Waals surface area contributed by atoms with E-state index in [4.69, 9.17) is 32.3 Å². The van der Waals surface area contributed by atoms with Crippen molar-refractivity contribution in [2.75, 3.05) is 39.6 Å². The number of allylic oxidation sites excluding steroid dienone is 30. The summed E-state index contributed by atoms with van der Waals surface area (Å²) in [6, 6.07) is 0. The van der Waals surface area contributed by atoms with Gasteiger partial charge in [0.15, 0.2) is 6.10 Å². The molecular formula is C85H138O16P2. The molecule has 0 aliphatic carbocycles. The average Bonchev–Trinajstić information content (AvgIpc) is 0.922. The van der Waals surface area contributed by atoms with E-state index in [0.717, 1.165) is 199 Å². The summed E-state index contributed by atoms with van der Waals surface area (Å²) in [6.07, 6.45) is 97.9. The summed E-state index contributed by atoms with van der Waals surface area (Å²) in [5.41, 5.74) is 0. The quantitative estimate of drug-likeness (QED) is 0.0146. The molecular weight excluding hydrogens is 1340 g/mol. The summed E-state index contributed by atoms with van der Waals surface area (Å²) in [7, 11) is -9.82. The number of hydrogen-bond donors (Lipinski definition) is 4. The summed E-state index contributed by atoms with van der Waals surface area (Å²) in [5.74, 6) is -1.63. The molecule has 0 fully saturated rings. The molecule has 16 nitrogen and oxygen atoms in total. The zero-order chi connectivity index (χ0) is 75.2. The van der Waals surface area contributed by atoms with Gasteiger partial charge in [-0.1, -0.05) is 287 Å². The second-order valence-electron chi connectivity index (χ2n) is 25.4. The molecule has 0 aromatic rings. The van der Waals surface area contributed by atoms with Crippen molar-refractivity contribution in [3.63, 3.8) is 0 Å². The van der Waals surface area contributed by atoms with Gasteiger partial charge in [0, 0.05) is 19.3 Å². The van der Waals surface area contributed by atoms with Crippen LogP contribution in [0.25, 0.3) is 0 Å². The number of esters is 3. The molecule has 0 amide bonds. The van der Waals surface area contributed by atoms with Gasteiger partial charge in [0.05, 0.1) is 26.4 Å². The molecule has 0 bridgehead atoms. The third-order valence-electron chi connectivity index (χ3n) is 15.6. The number of aliphatic hydroxyl groups excluding tert-OH is 2. The van der Waals surface area contributed by atoms with E-state index in [9.17, 15) is 43.5 Å². The molecule has 0 aromatic carbocycles. The first-order valence-corrected chi connectivity index (χ1v) is 42.1. The Hall–Kier alpha value is -5.35. The summed E-state index contributed by atoms with van der Waals surface area (Å²) in [5, 5.41) is 20.6. The lowest BCUT2D eigenvalue weighted by molar-refractivity contribution is -0.161. The van der Waals surface area contributed by atoms with E-state index in [1.54, 1.807) is 0 Å². The second-order valence-corrected chi connectivity index (χ2v) is 28.3. The topological polar surface area (TPSA) is 231 Å². The van der Waals surface area contributed by atoms with Crippen molar-refractivity contribution in [2.45, 2.75) is 296 Å². The lowest BCUT2D eigenvalue weighted by atomic mass is 10.1. The average molecular weight is 1480 g/mol. The van der Waals surface area contributed by atoms with Crippen LogP contribution < -0.4 is 0 Å². The van der Waals surface area contributed by atoms with Gasteiger partial charge in [-0.2, -0.15) is 0 Å². The van der Waals surface area contributed by atoms with Crippen LogP contribution in [0.1, 0.15) is 278 Å². The van der Waals surface area contributed by atoms with Gasteiger partial charge in [-0.3, -0.25) is 32.5 Å². The zero-order valence-electron chi connectivity index (χ0n) is 63.7. The van der Waals surface area contributed by atoms with E-state index in [-0.39, 0.29) is 19.3 Å². The molecule has 0 saturated carbocycles. The van der Waals surface area contributed by atoms with Gasteiger partial charge < -0.3 is 34.2 Å². The fourth-order valence-corrected chi connectivity index (χ4v) is 11.4. The van der Waals surface area contributed by atoms with Crippen LogP contribution in [0.15, 0.2) is 182 Å². The molecule has 5 atom stereocenters. The highest BCUT2D eigenvalue weighted by Gasteiger charge is 2.29. The van der Waals surface area contributed by atoms with E-state index in [1.165, 1.54) is 19.3 Å². The van der Waals surface area contributed by atoms with E-state index in [2.05, 4.69) is 203 Å². The lowest BCUT2D eigenvalue weighted by Gasteiger charge is -2.21.